The molecular weight excluding hydrogens is 276 g/mol. The Labute approximate surface area is 123 Å². The summed E-state index contributed by atoms with van der Waals surface area (Å²) in [6, 6.07) is 0. The Kier molecular flexibility index (Phi) is 5.42. The molecule has 1 aromatic heterocycles. The van der Waals surface area contributed by atoms with Gasteiger partial charge in [-0.1, -0.05) is 18.7 Å². The van der Waals surface area contributed by atoms with Crippen molar-refractivity contribution in [1.29, 1.82) is 0 Å². The molecule has 112 valence electrons. The molecule has 0 radical (unpaired) electrons. The smallest absolute Gasteiger partial charge is 0.313 e. The summed E-state index contributed by atoms with van der Waals surface area (Å²) >= 11 is 1.26. The molecule has 0 bridgehead atoms. The van der Waals surface area contributed by atoms with Gasteiger partial charge in [0.2, 0.25) is 0 Å². The van der Waals surface area contributed by atoms with E-state index < -0.39 is 5.97 Å². The van der Waals surface area contributed by atoms with E-state index in [-0.39, 0.29) is 5.75 Å². The summed E-state index contributed by atoms with van der Waals surface area (Å²) < 4.78 is 2.13. The van der Waals surface area contributed by atoms with Crippen molar-refractivity contribution in [3.63, 3.8) is 0 Å². The zero-order valence-corrected chi connectivity index (χ0v) is 12.9. The number of hydrogen-bond acceptors (Lipinski definition) is 5. The maximum absolute atomic E-state index is 10.7. The maximum atomic E-state index is 10.7. The molecule has 0 aliphatic carbocycles. The monoisotopic (exact) mass is 298 g/mol. The van der Waals surface area contributed by atoms with E-state index in [9.17, 15) is 4.79 Å². The van der Waals surface area contributed by atoms with Gasteiger partial charge in [0.05, 0.1) is 5.75 Å². The quantitative estimate of drug-likeness (QED) is 0.766. The van der Waals surface area contributed by atoms with Crippen molar-refractivity contribution in [3.05, 3.63) is 5.82 Å². The van der Waals surface area contributed by atoms with Gasteiger partial charge in [-0.2, -0.15) is 0 Å². The van der Waals surface area contributed by atoms with Crippen LogP contribution in [-0.4, -0.2) is 56.6 Å². The van der Waals surface area contributed by atoms with Crippen molar-refractivity contribution >= 4 is 17.7 Å². The van der Waals surface area contributed by atoms with Crippen LogP contribution in [0.3, 0.4) is 0 Å². The Morgan fingerprint density at radius 2 is 2.30 bits per heavy atom. The average Bonchev–Trinajstić information content (AvgIpc) is 2.96. The first kappa shape index (κ1) is 15.3. The number of aromatic nitrogens is 3. The largest absolute Gasteiger partial charge is 0.481 e. The van der Waals surface area contributed by atoms with Gasteiger partial charge in [0.15, 0.2) is 5.16 Å². The van der Waals surface area contributed by atoms with Crippen molar-refractivity contribution in [1.82, 2.24) is 19.7 Å². The van der Waals surface area contributed by atoms with Crippen LogP contribution in [0.2, 0.25) is 0 Å². The van der Waals surface area contributed by atoms with E-state index in [4.69, 9.17) is 5.11 Å². The van der Waals surface area contributed by atoms with Gasteiger partial charge in [-0.25, -0.2) is 0 Å². The lowest BCUT2D eigenvalue weighted by Gasteiger charge is -2.14. The summed E-state index contributed by atoms with van der Waals surface area (Å²) in [5.41, 5.74) is 0. The Bertz CT molecular complexity index is 463. The molecule has 7 heteroatoms. The molecule has 0 amide bonds. The topological polar surface area (TPSA) is 71.2 Å². The molecule has 1 saturated heterocycles. The van der Waals surface area contributed by atoms with Crippen molar-refractivity contribution < 1.29 is 9.90 Å². The minimum Gasteiger partial charge on any atom is -0.481 e. The first-order valence-corrected chi connectivity index (χ1v) is 8.04. The van der Waals surface area contributed by atoms with Crippen LogP contribution in [0.5, 0.6) is 0 Å². The van der Waals surface area contributed by atoms with Crippen LogP contribution in [0.25, 0.3) is 0 Å². The molecule has 0 saturated carbocycles. The van der Waals surface area contributed by atoms with Crippen molar-refractivity contribution in [2.24, 2.45) is 5.92 Å². The number of thioether (sulfide) groups is 1. The molecule has 2 rings (SSSR count). The van der Waals surface area contributed by atoms with Crippen LogP contribution in [0.4, 0.5) is 0 Å². The first-order chi connectivity index (χ1) is 9.60. The van der Waals surface area contributed by atoms with E-state index in [1.54, 1.807) is 0 Å². The molecule has 1 aromatic rings. The number of nitrogens with zero attached hydrogens (tertiary/aromatic N) is 4. The molecule has 0 aromatic carbocycles. The summed E-state index contributed by atoms with van der Waals surface area (Å²) in [6.07, 6.45) is 3.10. The van der Waals surface area contributed by atoms with Crippen molar-refractivity contribution in [3.8, 4) is 0 Å². The molecular formula is C13H22N4O2S. The molecule has 1 aliphatic rings. The zero-order chi connectivity index (χ0) is 14.5. The lowest BCUT2D eigenvalue weighted by atomic mass is 10.1. The first-order valence-electron chi connectivity index (χ1n) is 7.05. The third kappa shape index (κ3) is 3.96. The van der Waals surface area contributed by atoms with Gasteiger partial charge in [-0.3, -0.25) is 4.79 Å². The van der Waals surface area contributed by atoms with Gasteiger partial charge in [-0.05, 0) is 32.4 Å². The number of likely N-dealkylation sites (tertiary alicyclic amines) is 1. The highest BCUT2D eigenvalue weighted by molar-refractivity contribution is 7.99. The fourth-order valence-electron chi connectivity index (χ4n) is 2.58. The van der Waals surface area contributed by atoms with Crippen LogP contribution >= 0.6 is 11.8 Å². The maximum Gasteiger partial charge on any atom is 0.313 e. The number of aliphatic carboxylic acids is 1. The predicted molar refractivity (Wildman–Crippen MR) is 78.0 cm³/mol. The van der Waals surface area contributed by atoms with Crippen molar-refractivity contribution in [2.75, 3.05) is 25.9 Å². The molecule has 2 heterocycles. The predicted octanol–water partition coefficient (Wildman–Crippen LogP) is 1.36. The second kappa shape index (κ2) is 7.08. The molecule has 0 spiro atoms. The number of carboxylic acids is 1. The van der Waals surface area contributed by atoms with Gasteiger partial charge in [0.1, 0.15) is 5.82 Å². The van der Waals surface area contributed by atoms with Crippen LogP contribution in [0.1, 0.15) is 25.6 Å². The van der Waals surface area contributed by atoms with E-state index in [0.717, 1.165) is 43.5 Å². The fourth-order valence-corrected chi connectivity index (χ4v) is 3.26. The molecule has 6 nitrogen and oxygen atoms in total. The summed E-state index contributed by atoms with van der Waals surface area (Å²) in [6.45, 7) is 5.24. The normalized spacial score (nSPS) is 19.6. The van der Waals surface area contributed by atoms with Gasteiger partial charge >= 0.3 is 5.97 Å². The van der Waals surface area contributed by atoms with Crippen LogP contribution in [0, 0.1) is 5.92 Å². The number of carboxylic acid groups (broad SMARTS) is 1. The lowest BCUT2D eigenvalue weighted by molar-refractivity contribution is -0.133. The van der Waals surface area contributed by atoms with Gasteiger partial charge < -0.3 is 14.6 Å². The second-order valence-electron chi connectivity index (χ2n) is 5.36. The number of rotatable bonds is 7. The third-order valence-corrected chi connectivity index (χ3v) is 4.47. The van der Waals surface area contributed by atoms with Crippen LogP contribution in [-0.2, 0) is 17.8 Å². The van der Waals surface area contributed by atoms with Crippen LogP contribution < -0.4 is 0 Å². The minimum absolute atomic E-state index is 0.0365. The standard InChI is InChI=1S/C13H22N4O2S/c1-3-4-11-14-15-13(20-9-12(18)19)17(11)8-10-5-6-16(2)7-10/h10H,3-9H2,1-2H3,(H,18,19). The Hall–Kier alpha value is -1.08. The lowest BCUT2D eigenvalue weighted by Crippen LogP contribution is -2.18. The highest BCUT2D eigenvalue weighted by Crippen LogP contribution is 2.23. The number of aryl methyl sites for hydroxylation is 1. The summed E-state index contributed by atoms with van der Waals surface area (Å²) in [5.74, 6) is 0.808. The molecule has 1 atom stereocenters. The Morgan fingerprint density at radius 3 is 2.90 bits per heavy atom. The molecule has 1 unspecified atom stereocenters. The molecule has 1 aliphatic heterocycles. The minimum atomic E-state index is -0.817. The van der Waals surface area contributed by atoms with E-state index in [2.05, 4.69) is 33.6 Å². The van der Waals surface area contributed by atoms with E-state index >= 15 is 0 Å². The summed E-state index contributed by atoms with van der Waals surface area (Å²) in [4.78, 5) is 13.1. The van der Waals surface area contributed by atoms with Gasteiger partial charge in [-0.15, -0.1) is 10.2 Å². The molecule has 1 fully saturated rings. The average molecular weight is 298 g/mol. The Morgan fingerprint density at radius 1 is 1.50 bits per heavy atom. The Balaban J connectivity index is 2.09. The van der Waals surface area contributed by atoms with E-state index in [1.807, 2.05) is 0 Å². The van der Waals surface area contributed by atoms with Gasteiger partial charge in [0, 0.05) is 19.5 Å². The highest BCUT2D eigenvalue weighted by Gasteiger charge is 2.23. The van der Waals surface area contributed by atoms with Crippen LogP contribution in [0.15, 0.2) is 5.16 Å². The highest BCUT2D eigenvalue weighted by atomic mass is 32.2. The third-order valence-electron chi connectivity index (χ3n) is 3.52. The number of hydrogen-bond donors (Lipinski definition) is 1. The molecule has 1 N–H and O–H groups in total. The SMILES string of the molecule is CCCc1nnc(SCC(=O)O)n1CC1CCN(C)C1. The van der Waals surface area contributed by atoms with Crippen molar-refractivity contribution in [2.45, 2.75) is 37.9 Å². The zero-order valence-electron chi connectivity index (χ0n) is 12.1. The second-order valence-corrected chi connectivity index (χ2v) is 6.30. The summed E-state index contributed by atoms with van der Waals surface area (Å²) in [5, 5.41) is 17.9. The van der Waals surface area contributed by atoms with E-state index in [1.165, 1.54) is 18.2 Å². The van der Waals surface area contributed by atoms with Gasteiger partial charge in [0.25, 0.3) is 0 Å². The van der Waals surface area contributed by atoms with E-state index in [0.29, 0.717) is 5.92 Å². The number of carbonyl (C=O) groups is 1. The fraction of sp³-hybridized carbons (Fsp3) is 0.769. The molecule has 20 heavy (non-hydrogen) atoms. The summed E-state index contributed by atoms with van der Waals surface area (Å²) in [7, 11) is 2.14.